The number of methoxy groups -OCH3 is 1. The first-order chi connectivity index (χ1) is 10.6. The molecule has 6 nitrogen and oxygen atoms in total. The van der Waals surface area contributed by atoms with Gasteiger partial charge in [-0.25, -0.2) is 0 Å². The van der Waals surface area contributed by atoms with Gasteiger partial charge in [-0.05, 0) is 31.2 Å². The van der Waals surface area contributed by atoms with Gasteiger partial charge in [0, 0.05) is 0 Å². The van der Waals surface area contributed by atoms with Gasteiger partial charge in [-0.2, -0.15) is 0 Å². The number of hydrogen-bond acceptors (Lipinski definition) is 5. The lowest BCUT2D eigenvalue weighted by molar-refractivity contribution is -0.139. The Labute approximate surface area is 128 Å². The Bertz CT molecular complexity index is 645. The maximum absolute atomic E-state index is 11.7. The topological polar surface area (TPSA) is 77.8 Å². The Morgan fingerprint density at radius 2 is 1.86 bits per heavy atom. The van der Waals surface area contributed by atoms with E-state index in [0.29, 0.717) is 5.76 Å². The van der Waals surface area contributed by atoms with Gasteiger partial charge in [0.25, 0.3) is 5.91 Å². The number of rotatable bonds is 6. The molecule has 2 rings (SSSR count). The van der Waals surface area contributed by atoms with E-state index in [2.05, 4.69) is 10.1 Å². The van der Waals surface area contributed by atoms with Crippen molar-refractivity contribution in [1.29, 1.82) is 0 Å². The first-order valence-corrected chi connectivity index (χ1v) is 6.71. The van der Waals surface area contributed by atoms with Crippen LogP contribution in [0.1, 0.15) is 21.9 Å². The summed E-state index contributed by atoms with van der Waals surface area (Å²) in [6.07, 6.45) is 0. The molecule has 0 atom stereocenters. The molecule has 0 bridgehead atoms. The summed E-state index contributed by atoms with van der Waals surface area (Å²) < 4.78 is 15.4. The van der Waals surface area contributed by atoms with Crippen molar-refractivity contribution in [2.45, 2.75) is 13.5 Å². The number of esters is 1. The Hall–Kier alpha value is -2.76. The van der Waals surface area contributed by atoms with Crippen molar-refractivity contribution < 1.29 is 23.5 Å². The average Bonchev–Trinajstić information content (AvgIpc) is 3.00. The third-order valence-corrected chi connectivity index (χ3v) is 2.91. The van der Waals surface area contributed by atoms with Gasteiger partial charge in [0.1, 0.15) is 24.7 Å². The highest BCUT2D eigenvalue weighted by Crippen LogP contribution is 2.15. The lowest BCUT2D eigenvalue weighted by atomic mass is 10.2. The van der Waals surface area contributed by atoms with Gasteiger partial charge in [-0.1, -0.05) is 17.7 Å². The van der Waals surface area contributed by atoms with Gasteiger partial charge in [0.05, 0.1) is 7.11 Å². The van der Waals surface area contributed by atoms with E-state index in [1.165, 1.54) is 13.2 Å². The molecule has 6 heteroatoms. The van der Waals surface area contributed by atoms with Crippen LogP contribution in [0.3, 0.4) is 0 Å². The second-order valence-electron chi connectivity index (χ2n) is 4.63. The zero-order valence-electron chi connectivity index (χ0n) is 12.4. The Morgan fingerprint density at radius 1 is 1.14 bits per heavy atom. The molecule has 0 radical (unpaired) electrons. The zero-order valence-corrected chi connectivity index (χ0v) is 12.4. The predicted octanol–water partition coefficient (Wildman–Crippen LogP) is 2.07. The van der Waals surface area contributed by atoms with Crippen LogP contribution in [-0.2, 0) is 16.1 Å². The van der Waals surface area contributed by atoms with E-state index >= 15 is 0 Å². The molecule has 0 spiro atoms. The molecular formula is C16H17NO5. The summed E-state index contributed by atoms with van der Waals surface area (Å²) in [5.74, 6) is 0.351. The highest BCUT2D eigenvalue weighted by molar-refractivity contribution is 5.93. The highest BCUT2D eigenvalue weighted by Gasteiger charge is 2.12. The minimum absolute atomic E-state index is 0.117. The maximum atomic E-state index is 11.7. The number of amides is 1. The molecule has 0 aliphatic rings. The smallest absolute Gasteiger partial charge is 0.325 e. The van der Waals surface area contributed by atoms with Gasteiger partial charge < -0.3 is 19.2 Å². The van der Waals surface area contributed by atoms with Gasteiger partial charge in [-0.15, -0.1) is 0 Å². The van der Waals surface area contributed by atoms with Crippen molar-refractivity contribution in [3.63, 3.8) is 0 Å². The fraction of sp³-hybridized carbons (Fsp3) is 0.250. The molecule has 1 amide bonds. The van der Waals surface area contributed by atoms with E-state index in [1.54, 1.807) is 6.07 Å². The molecular weight excluding hydrogens is 286 g/mol. The first-order valence-electron chi connectivity index (χ1n) is 6.71. The minimum Gasteiger partial charge on any atom is -0.486 e. The number of ether oxygens (including phenoxy) is 2. The highest BCUT2D eigenvalue weighted by atomic mass is 16.5. The number of furan rings is 1. The van der Waals surface area contributed by atoms with Crippen LogP contribution in [0, 0.1) is 6.92 Å². The molecule has 0 aliphatic carbocycles. The molecule has 0 aliphatic heterocycles. The van der Waals surface area contributed by atoms with Crippen molar-refractivity contribution in [3.05, 3.63) is 53.5 Å². The Morgan fingerprint density at radius 3 is 2.55 bits per heavy atom. The van der Waals surface area contributed by atoms with E-state index in [0.717, 1.165) is 11.3 Å². The molecule has 116 valence electrons. The van der Waals surface area contributed by atoms with Crippen LogP contribution in [0.4, 0.5) is 0 Å². The first kappa shape index (κ1) is 15.6. The van der Waals surface area contributed by atoms with Crippen LogP contribution < -0.4 is 10.1 Å². The molecule has 0 fully saturated rings. The van der Waals surface area contributed by atoms with Crippen LogP contribution in [-0.4, -0.2) is 25.5 Å². The summed E-state index contributed by atoms with van der Waals surface area (Å²) in [5, 5.41) is 2.39. The van der Waals surface area contributed by atoms with Crippen molar-refractivity contribution in [3.8, 4) is 5.75 Å². The van der Waals surface area contributed by atoms with Gasteiger partial charge in [0.15, 0.2) is 5.76 Å². The molecule has 0 unspecified atom stereocenters. The van der Waals surface area contributed by atoms with Crippen molar-refractivity contribution >= 4 is 11.9 Å². The summed E-state index contributed by atoms with van der Waals surface area (Å²) in [6, 6.07) is 10.8. The largest absolute Gasteiger partial charge is 0.486 e. The molecule has 0 saturated carbocycles. The lowest BCUT2D eigenvalue weighted by Gasteiger charge is -2.04. The van der Waals surface area contributed by atoms with Crippen molar-refractivity contribution in [2.24, 2.45) is 0 Å². The second kappa shape index (κ2) is 7.31. The van der Waals surface area contributed by atoms with Crippen molar-refractivity contribution in [2.75, 3.05) is 13.7 Å². The number of benzene rings is 1. The summed E-state index contributed by atoms with van der Waals surface area (Å²) in [6.45, 7) is 2.01. The summed E-state index contributed by atoms with van der Waals surface area (Å²) in [4.78, 5) is 22.7. The Kier molecular flexibility index (Phi) is 5.19. The van der Waals surface area contributed by atoms with E-state index < -0.39 is 11.9 Å². The fourth-order valence-electron chi connectivity index (χ4n) is 1.68. The standard InChI is InChI=1S/C16H17NO5/c1-11-3-5-12(6-4-11)21-10-13-7-8-14(22-13)16(19)17-9-15(18)20-2/h3-8H,9-10H2,1-2H3,(H,17,19). The Balaban J connectivity index is 1.86. The van der Waals surface area contributed by atoms with Crippen LogP contribution in [0.15, 0.2) is 40.8 Å². The van der Waals surface area contributed by atoms with Crippen LogP contribution in [0.25, 0.3) is 0 Å². The predicted molar refractivity (Wildman–Crippen MR) is 78.6 cm³/mol. The SMILES string of the molecule is COC(=O)CNC(=O)c1ccc(COc2ccc(C)cc2)o1. The molecule has 1 aromatic carbocycles. The molecule has 0 saturated heterocycles. The third kappa shape index (κ3) is 4.37. The maximum Gasteiger partial charge on any atom is 0.325 e. The monoisotopic (exact) mass is 303 g/mol. The minimum atomic E-state index is -0.525. The molecule has 2 aromatic rings. The number of carbonyl (C=O) groups is 2. The summed E-state index contributed by atoms with van der Waals surface area (Å²) >= 11 is 0. The number of carbonyl (C=O) groups excluding carboxylic acids is 2. The number of aryl methyl sites for hydroxylation is 1. The molecule has 22 heavy (non-hydrogen) atoms. The third-order valence-electron chi connectivity index (χ3n) is 2.91. The molecule has 1 heterocycles. The van der Waals surface area contributed by atoms with Crippen LogP contribution in [0.2, 0.25) is 0 Å². The van der Waals surface area contributed by atoms with E-state index in [1.807, 2.05) is 31.2 Å². The second-order valence-corrected chi connectivity index (χ2v) is 4.63. The quantitative estimate of drug-likeness (QED) is 0.827. The van der Waals surface area contributed by atoms with E-state index in [4.69, 9.17) is 9.15 Å². The van der Waals surface area contributed by atoms with Crippen LogP contribution >= 0.6 is 0 Å². The van der Waals surface area contributed by atoms with E-state index in [9.17, 15) is 9.59 Å². The number of hydrogen-bond donors (Lipinski definition) is 1. The van der Waals surface area contributed by atoms with Gasteiger partial charge in [-0.3, -0.25) is 9.59 Å². The summed E-state index contributed by atoms with van der Waals surface area (Å²) in [5.41, 5.74) is 1.15. The lowest BCUT2D eigenvalue weighted by Crippen LogP contribution is -2.29. The fourth-order valence-corrected chi connectivity index (χ4v) is 1.68. The average molecular weight is 303 g/mol. The van der Waals surface area contributed by atoms with Gasteiger partial charge in [0.2, 0.25) is 0 Å². The molecule has 1 N–H and O–H groups in total. The van der Waals surface area contributed by atoms with Gasteiger partial charge >= 0.3 is 5.97 Å². The number of nitrogens with one attached hydrogen (secondary N) is 1. The van der Waals surface area contributed by atoms with Crippen LogP contribution in [0.5, 0.6) is 5.75 Å². The zero-order chi connectivity index (χ0) is 15.9. The normalized spacial score (nSPS) is 10.1. The summed E-state index contributed by atoms with van der Waals surface area (Å²) in [7, 11) is 1.25. The van der Waals surface area contributed by atoms with Crippen molar-refractivity contribution in [1.82, 2.24) is 5.32 Å². The molecule has 1 aromatic heterocycles. The van der Waals surface area contributed by atoms with E-state index in [-0.39, 0.29) is 18.9 Å².